The molecule has 0 radical (unpaired) electrons. The van der Waals surface area contributed by atoms with Gasteiger partial charge in [0, 0.05) is 16.4 Å². The fourth-order valence-electron chi connectivity index (χ4n) is 2.07. The second-order valence-electron chi connectivity index (χ2n) is 5.06. The van der Waals surface area contributed by atoms with Crippen LogP contribution in [0.15, 0.2) is 34.9 Å². The Morgan fingerprint density at radius 3 is 2.60 bits per heavy atom. The Bertz CT molecular complexity index is 611. The quantitative estimate of drug-likeness (QED) is 0.851. The van der Waals surface area contributed by atoms with E-state index in [9.17, 15) is 0 Å². The van der Waals surface area contributed by atoms with Crippen LogP contribution in [-0.2, 0) is 0 Å². The highest BCUT2D eigenvalue weighted by atomic mass is 79.9. The van der Waals surface area contributed by atoms with E-state index in [1.54, 1.807) is 13.3 Å². The van der Waals surface area contributed by atoms with Gasteiger partial charge in [-0.05, 0) is 64.2 Å². The number of hydrogen-bond acceptors (Lipinski definition) is 3. The summed E-state index contributed by atoms with van der Waals surface area (Å²) in [5.41, 5.74) is 3.31. The summed E-state index contributed by atoms with van der Waals surface area (Å²) in [6, 6.07) is 8.16. The van der Waals surface area contributed by atoms with Crippen molar-refractivity contribution >= 4 is 27.4 Å². The Morgan fingerprint density at radius 1 is 1.25 bits per heavy atom. The Balaban J connectivity index is 2.32. The molecule has 2 rings (SSSR count). The Morgan fingerprint density at radius 2 is 2.00 bits per heavy atom. The molecular weight excluding hydrogens is 316 g/mol. The number of benzene rings is 1. The summed E-state index contributed by atoms with van der Waals surface area (Å²) in [6.45, 7) is 6.35. The summed E-state index contributed by atoms with van der Waals surface area (Å²) in [7, 11) is 1.70. The molecule has 106 valence electrons. The standard InChI is InChI=1S/C16H19BrN2O/c1-10(2)14-8-13(5-6-15(14)20-4)19-16-11(3)7-12(17)9-18-16/h5-10H,1-4H3,(H,18,19). The van der Waals surface area contributed by atoms with Crippen LogP contribution in [0.2, 0.25) is 0 Å². The maximum absolute atomic E-state index is 5.40. The van der Waals surface area contributed by atoms with Crippen molar-refractivity contribution in [2.45, 2.75) is 26.7 Å². The van der Waals surface area contributed by atoms with Crippen molar-refractivity contribution in [3.63, 3.8) is 0 Å². The fraction of sp³-hybridized carbons (Fsp3) is 0.312. The van der Waals surface area contributed by atoms with Crippen molar-refractivity contribution in [3.8, 4) is 5.75 Å². The van der Waals surface area contributed by atoms with Gasteiger partial charge in [-0.25, -0.2) is 4.98 Å². The van der Waals surface area contributed by atoms with Crippen molar-refractivity contribution in [3.05, 3.63) is 46.1 Å². The van der Waals surface area contributed by atoms with E-state index < -0.39 is 0 Å². The third-order valence-corrected chi connectivity index (χ3v) is 3.59. The highest BCUT2D eigenvalue weighted by Gasteiger charge is 2.09. The lowest BCUT2D eigenvalue weighted by atomic mass is 10.0. The number of aromatic nitrogens is 1. The van der Waals surface area contributed by atoms with Gasteiger partial charge in [0.05, 0.1) is 7.11 Å². The molecule has 0 atom stereocenters. The van der Waals surface area contributed by atoms with Crippen LogP contribution in [0.25, 0.3) is 0 Å². The molecule has 0 unspecified atom stereocenters. The lowest BCUT2D eigenvalue weighted by molar-refractivity contribution is 0.407. The number of hydrogen-bond donors (Lipinski definition) is 1. The average molecular weight is 335 g/mol. The number of halogens is 1. The van der Waals surface area contributed by atoms with E-state index in [1.807, 2.05) is 25.1 Å². The molecule has 0 bridgehead atoms. The van der Waals surface area contributed by atoms with E-state index in [0.29, 0.717) is 5.92 Å². The summed E-state index contributed by atoms with van der Waals surface area (Å²) in [5.74, 6) is 2.20. The SMILES string of the molecule is COc1ccc(Nc2ncc(Br)cc2C)cc1C(C)C. The topological polar surface area (TPSA) is 34.1 Å². The molecule has 1 aromatic heterocycles. The second-order valence-corrected chi connectivity index (χ2v) is 5.97. The Labute approximate surface area is 128 Å². The van der Waals surface area contributed by atoms with Crippen molar-refractivity contribution in [1.29, 1.82) is 0 Å². The lowest BCUT2D eigenvalue weighted by Crippen LogP contribution is -1.99. The van der Waals surface area contributed by atoms with E-state index in [1.165, 1.54) is 5.56 Å². The normalized spacial score (nSPS) is 10.7. The molecule has 3 nitrogen and oxygen atoms in total. The van der Waals surface area contributed by atoms with Gasteiger partial charge in [-0.15, -0.1) is 0 Å². The molecule has 0 spiro atoms. The number of rotatable bonds is 4. The molecule has 1 N–H and O–H groups in total. The number of pyridine rings is 1. The van der Waals surface area contributed by atoms with Crippen LogP contribution in [0.4, 0.5) is 11.5 Å². The smallest absolute Gasteiger partial charge is 0.133 e. The van der Waals surface area contributed by atoms with Gasteiger partial charge in [0.1, 0.15) is 11.6 Å². The van der Waals surface area contributed by atoms with Crippen molar-refractivity contribution in [2.75, 3.05) is 12.4 Å². The molecule has 4 heteroatoms. The van der Waals surface area contributed by atoms with E-state index in [2.05, 4.69) is 46.1 Å². The van der Waals surface area contributed by atoms with Gasteiger partial charge in [-0.1, -0.05) is 13.8 Å². The number of aryl methyl sites for hydroxylation is 1. The summed E-state index contributed by atoms with van der Waals surface area (Å²) >= 11 is 3.42. The van der Waals surface area contributed by atoms with Gasteiger partial charge >= 0.3 is 0 Å². The molecule has 1 aromatic carbocycles. The van der Waals surface area contributed by atoms with Crippen molar-refractivity contribution < 1.29 is 4.74 Å². The lowest BCUT2D eigenvalue weighted by Gasteiger charge is -2.15. The molecular formula is C16H19BrN2O. The van der Waals surface area contributed by atoms with Crippen LogP contribution in [0.1, 0.15) is 30.9 Å². The van der Waals surface area contributed by atoms with Gasteiger partial charge in [0.25, 0.3) is 0 Å². The van der Waals surface area contributed by atoms with Crippen LogP contribution in [-0.4, -0.2) is 12.1 Å². The monoisotopic (exact) mass is 334 g/mol. The zero-order chi connectivity index (χ0) is 14.7. The number of nitrogens with zero attached hydrogens (tertiary/aromatic N) is 1. The molecule has 2 aromatic rings. The van der Waals surface area contributed by atoms with Gasteiger partial charge in [0.15, 0.2) is 0 Å². The number of nitrogens with one attached hydrogen (secondary N) is 1. The molecule has 0 amide bonds. The molecule has 1 heterocycles. The molecule has 0 saturated carbocycles. The fourth-order valence-corrected chi connectivity index (χ4v) is 2.52. The first-order valence-corrected chi connectivity index (χ1v) is 7.37. The third-order valence-electron chi connectivity index (χ3n) is 3.16. The average Bonchev–Trinajstić information content (AvgIpc) is 2.41. The predicted octanol–water partition coefficient (Wildman–Crippen LogP) is 5.03. The van der Waals surface area contributed by atoms with E-state index in [-0.39, 0.29) is 0 Å². The highest BCUT2D eigenvalue weighted by molar-refractivity contribution is 9.10. The van der Waals surface area contributed by atoms with Crippen LogP contribution in [0, 0.1) is 6.92 Å². The van der Waals surface area contributed by atoms with E-state index in [0.717, 1.165) is 27.3 Å². The van der Waals surface area contributed by atoms with Crippen LogP contribution < -0.4 is 10.1 Å². The molecule has 20 heavy (non-hydrogen) atoms. The summed E-state index contributed by atoms with van der Waals surface area (Å²) in [6.07, 6.45) is 1.79. The highest BCUT2D eigenvalue weighted by Crippen LogP contribution is 2.30. The van der Waals surface area contributed by atoms with E-state index >= 15 is 0 Å². The maximum atomic E-state index is 5.40. The van der Waals surface area contributed by atoms with Crippen LogP contribution in [0.3, 0.4) is 0 Å². The minimum absolute atomic E-state index is 0.408. The minimum Gasteiger partial charge on any atom is -0.496 e. The third kappa shape index (κ3) is 3.31. The molecule has 0 aliphatic rings. The maximum Gasteiger partial charge on any atom is 0.133 e. The number of ether oxygens (including phenoxy) is 1. The summed E-state index contributed by atoms with van der Waals surface area (Å²) < 4.78 is 6.39. The van der Waals surface area contributed by atoms with Crippen LogP contribution >= 0.6 is 15.9 Å². The zero-order valence-corrected chi connectivity index (χ0v) is 13.8. The summed E-state index contributed by atoms with van der Waals surface area (Å²) in [5, 5.41) is 3.36. The van der Waals surface area contributed by atoms with Crippen LogP contribution in [0.5, 0.6) is 5.75 Å². The Kier molecular flexibility index (Phi) is 4.65. The molecule has 0 aliphatic heterocycles. The minimum atomic E-state index is 0.408. The van der Waals surface area contributed by atoms with E-state index in [4.69, 9.17) is 4.74 Å². The summed E-state index contributed by atoms with van der Waals surface area (Å²) in [4.78, 5) is 4.40. The van der Waals surface area contributed by atoms with Gasteiger partial charge in [-0.3, -0.25) is 0 Å². The first-order chi connectivity index (χ1) is 9.51. The Hall–Kier alpha value is -1.55. The van der Waals surface area contributed by atoms with Gasteiger partial charge < -0.3 is 10.1 Å². The molecule has 0 aliphatic carbocycles. The van der Waals surface area contributed by atoms with Gasteiger partial charge in [0.2, 0.25) is 0 Å². The first kappa shape index (κ1) is 14.9. The molecule has 0 saturated heterocycles. The predicted molar refractivity (Wildman–Crippen MR) is 87.0 cm³/mol. The molecule has 0 fully saturated rings. The number of methoxy groups -OCH3 is 1. The second kappa shape index (κ2) is 6.27. The van der Waals surface area contributed by atoms with Crippen molar-refractivity contribution in [1.82, 2.24) is 4.98 Å². The first-order valence-electron chi connectivity index (χ1n) is 6.58. The van der Waals surface area contributed by atoms with Gasteiger partial charge in [-0.2, -0.15) is 0 Å². The van der Waals surface area contributed by atoms with Crippen molar-refractivity contribution in [2.24, 2.45) is 0 Å². The number of anilines is 2. The largest absolute Gasteiger partial charge is 0.496 e. The zero-order valence-electron chi connectivity index (χ0n) is 12.2.